The van der Waals surface area contributed by atoms with E-state index in [0.717, 1.165) is 6.29 Å². The minimum atomic E-state index is 0. The third kappa shape index (κ3) is 70.4. The van der Waals surface area contributed by atoms with Gasteiger partial charge in [0.15, 0.2) is 0 Å². The predicted octanol–water partition coefficient (Wildman–Crippen LogP) is 0.0261. The Bertz CT molecular complexity index is 18.3. The largest absolute Gasteiger partial charge is 0.333 e. The van der Waals surface area contributed by atoms with Crippen molar-refractivity contribution in [2.75, 3.05) is 7.05 Å². The van der Waals surface area contributed by atoms with Gasteiger partial charge in [-0.3, -0.25) is 0 Å². The first-order valence-corrected chi connectivity index (χ1v) is 1.39. The molecule has 0 radical (unpaired) electrons. The Morgan fingerprint density at radius 2 is 1.80 bits per heavy atom. The lowest BCUT2D eigenvalue weighted by atomic mass is 11.0. The van der Waals surface area contributed by atoms with E-state index in [2.05, 4.69) is 5.73 Å². The Labute approximate surface area is 33.5 Å². The Morgan fingerprint density at radius 3 is 1.80 bits per heavy atom. The zero-order chi connectivity index (χ0) is 4.71. The van der Waals surface area contributed by atoms with Crippen molar-refractivity contribution in [1.29, 1.82) is 0 Å². The second-order valence-corrected chi connectivity index (χ2v) is 0.236. The SMILES string of the molecule is CC=O.CN.[HH]. The lowest BCUT2D eigenvalue weighted by Gasteiger charge is -1.23. The fourth-order valence-corrected chi connectivity index (χ4v) is 0. The first-order chi connectivity index (χ1) is 2.41. The van der Waals surface area contributed by atoms with Crippen LogP contribution in [0.25, 0.3) is 0 Å². The van der Waals surface area contributed by atoms with Crippen molar-refractivity contribution in [3.8, 4) is 0 Å². The van der Waals surface area contributed by atoms with Gasteiger partial charge in [0, 0.05) is 1.43 Å². The van der Waals surface area contributed by atoms with Gasteiger partial charge in [-0.25, -0.2) is 0 Å². The fourth-order valence-electron chi connectivity index (χ4n) is 0. The van der Waals surface area contributed by atoms with Gasteiger partial charge >= 0.3 is 0 Å². The van der Waals surface area contributed by atoms with E-state index in [1.54, 1.807) is 0 Å². The number of hydrogen-bond acceptors (Lipinski definition) is 2. The first-order valence-electron chi connectivity index (χ1n) is 1.39. The molecule has 0 spiro atoms. The maximum absolute atomic E-state index is 8.81. The Kier molecular flexibility index (Phi) is 112. The molecule has 2 heteroatoms. The van der Waals surface area contributed by atoms with Gasteiger partial charge in [-0.2, -0.15) is 0 Å². The van der Waals surface area contributed by atoms with E-state index in [-0.39, 0.29) is 1.43 Å². The van der Waals surface area contributed by atoms with Crippen LogP contribution in [0.3, 0.4) is 0 Å². The number of aldehydes is 1. The molecule has 0 aliphatic heterocycles. The lowest BCUT2D eigenvalue weighted by molar-refractivity contribution is -0.106. The molecule has 0 bridgehead atoms. The topological polar surface area (TPSA) is 43.1 Å². The number of nitrogens with two attached hydrogens (primary N) is 1. The van der Waals surface area contributed by atoms with Crippen LogP contribution in [-0.4, -0.2) is 13.3 Å². The summed E-state index contributed by atoms with van der Waals surface area (Å²) in [6.45, 7) is 1.44. The average Bonchev–Trinajstić information content (AvgIpc) is 1.46. The molecule has 0 aromatic carbocycles. The van der Waals surface area contributed by atoms with E-state index < -0.39 is 0 Å². The summed E-state index contributed by atoms with van der Waals surface area (Å²) in [5.41, 5.74) is 4.50. The molecule has 0 saturated heterocycles. The third-order valence-electron chi connectivity index (χ3n) is 0. The summed E-state index contributed by atoms with van der Waals surface area (Å²) < 4.78 is 0. The van der Waals surface area contributed by atoms with E-state index >= 15 is 0 Å². The molecule has 5 heavy (non-hydrogen) atoms. The second kappa shape index (κ2) is 63.3. The second-order valence-electron chi connectivity index (χ2n) is 0.236. The van der Waals surface area contributed by atoms with Crippen LogP contribution in [0.1, 0.15) is 8.35 Å². The average molecular weight is 77.1 g/mol. The molecular weight excluding hydrogens is 66.0 g/mol. The quantitative estimate of drug-likeness (QED) is 0.414. The van der Waals surface area contributed by atoms with Gasteiger partial charge in [-0.15, -0.1) is 0 Å². The highest BCUT2D eigenvalue weighted by Gasteiger charge is 1.24. The molecule has 34 valence electrons. The standard InChI is InChI=1S/C2H4O.CH5N.H2/c1-2-3;1-2;/h2H,1H3;2H2,1H3;1H. The van der Waals surface area contributed by atoms with Crippen LogP contribution in [0.4, 0.5) is 0 Å². The molecule has 0 heterocycles. The van der Waals surface area contributed by atoms with Crippen molar-refractivity contribution in [3.05, 3.63) is 0 Å². The summed E-state index contributed by atoms with van der Waals surface area (Å²) in [5.74, 6) is 0. The van der Waals surface area contributed by atoms with Crippen LogP contribution in [0.15, 0.2) is 0 Å². The molecule has 2 nitrogen and oxygen atoms in total. The molecule has 0 aromatic rings. The van der Waals surface area contributed by atoms with Gasteiger partial charge in [-0.1, -0.05) is 0 Å². The normalized spacial score (nSPS) is 3.80. The van der Waals surface area contributed by atoms with Crippen LogP contribution < -0.4 is 5.73 Å². The molecule has 0 amide bonds. The number of carbonyl (C=O) groups excluding carboxylic acids is 1. The van der Waals surface area contributed by atoms with E-state index in [9.17, 15) is 0 Å². The van der Waals surface area contributed by atoms with Gasteiger partial charge < -0.3 is 10.5 Å². The molecule has 0 aliphatic rings. The smallest absolute Gasteiger partial charge is 0.116 e. The number of carbonyl (C=O) groups is 1. The number of rotatable bonds is 0. The Balaban J connectivity index is -0.0000000275. The van der Waals surface area contributed by atoms with Crippen LogP contribution in [-0.2, 0) is 4.79 Å². The Morgan fingerprint density at radius 1 is 1.80 bits per heavy atom. The predicted molar refractivity (Wildman–Crippen MR) is 24.0 cm³/mol. The zero-order valence-corrected chi connectivity index (χ0v) is 3.56. The first kappa shape index (κ1) is 8.82. The van der Waals surface area contributed by atoms with Crippen LogP contribution >= 0.6 is 0 Å². The minimum Gasteiger partial charge on any atom is -0.333 e. The number of hydrogen-bond donors (Lipinski definition) is 1. The molecule has 0 aliphatic carbocycles. The zero-order valence-electron chi connectivity index (χ0n) is 3.56. The Hall–Kier alpha value is -0.370. The molecular formula is C3H11NO. The molecule has 0 unspecified atom stereocenters. The van der Waals surface area contributed by atoms with E-state index in [1.807, 2.05) is 0 Å². The molecule has 0 saturated carbocycles. The van der Waals surface area contributed by atoms with Crippen molar-refractivity contribution in [3.63, 3.8) is 0 Å². The summed E-state index contributed by atoms with van der Waals surface area (Å²) in [6, 6.07) is 0. The molecule has 0 aromatic heterocycles. The highest BCUT2D eigenvalue weighted by Crippen LogP contribution is 1.13. The van der Waals surface area contributed by atoms with Crippen molar-refractivity contribution >= 4 is 6.29 Å². The maximum atomic E-state index is 8.81. The third-order valence-corrected chi connectivity index (χ3v) is 0. The van der Waals surface area contributed by atoms with E-state index in [1.165, 1.54) is 14.0 Å². The molecule has 0 atom stereocenters. The lowest BCUT2D eigenvalue weighted by Crippen LogP contribution is -1.69. The van der Waals surface area contributed by atoms with Gasteiger partial charge in [0.05, 0.1) is 0 Å². The molecule has 0 rings (SSSR count). The highest BCUT2D eigenvalue weighted by molar-refractivity contribution is 5.44. The van der Waals surface area contributed by atoms with Crippen molar-refractivity contribution in [2.45, 2.75) is 6.92 Å². The summed E-state index contributed by atoms with van der Waals surface area (Å²) in [6.07, 6.45) is 0.750. The van der Waals surface area contributed by atoms with E-state index in [4.69, 9.17) is 4.79 Å². The van der Waals surface area contributed by atoms with Gasteiger partial charge in [0.2, 0.25) is 0 Å². The molecule has 0 fully saturated rings. The highest BCUT2D eigenvalue weighted by atomic mass is 16.1. The minimum absolute atomic E-state index is 0. The summed E-state index contributed by atoms with van der Waals surface area (Å²) in [4.78, 5) is 8.81. The van der Waals surface area contributed by atoms with Gasteiger partial charge in [0.1, 0.15) is 6.29 Å². The van der Waals surface area contributed by atoms with Crippen molar-refractivity contribution in [1.82, 2.24) is 0 Å². The fraction of sp³-hybridized carbons (Fsp3) is 0.667. The monoisotopic (exact) mass is 77.1 g/mol. The summed E-state index contributed by atoms with van der Waals surface area (Å²) >= 11 is 0. The van der Waals surface area contributed by atoms with Gasteiger partial charge in [0.25, 0.3) is 0 Å². The van der Waals surface area contributed by atoms with Crippen LogP contribution in [0.5, 0.6) is 0 Å². The van der Waals surface area contributed by atoms with Gasteiger partial charge in [-0.05, 0) is 14.0 Å². The van der Waals surface area contributed by atoms with E-state index in [0.29, 0.717) is 0 Å². The van der Waals surface area contributed by atoms with Crippen LogP contribution in [0.2, 0.25) is 0 Å². The molecule has 2 N–H and O–H groups in total. The van der Waals surface area contributed by atoms with Crippen LogP contribution in [0, 0.1) is 0 Å². The summed E-state index contributed by atoms with van der Waals surface area (Å²) in [5, 5.41) is 0. The van der Waals surface area contributed by atoms with Crippen molar-refractivity contribution in [2.24, 2.45) is 5.73 Å². The van der Waals surface area contributed by atoms with Crippen molar-refractivity contribution < 1.29 is 6.22 Å². The maximum Gasteiger partial charge on any atom is 0.116 e. The summed E-state index contributed by atoms with van der Waals surface area (Å²) in [7, 11) is 1.50.